The van der Waals surface area contributed by atoms with Gasteiger partial charge in [0.25, 0.3) is 5.69 Å². The molecule has 1 saturated heterocycles. The van der Waals surface area contributed by atoms with Crippen LogP contribution in [0.5, 0.6) is 0 Å². The molecular formula is C12H17N3O5S2. The molecule has 8 nitrogen and oxygen atoms in total. The molecule has 2 N–H and O–H groups in total. The average Bonchev–Trinajstić information content (AvgIpc) is 2.45. The highest BCUT2D eigenvalue weighted by molar-refractivity contribution is 7.89. The molecule has 122 valence electrons. The van der Waals surface area contributed by atoms with Gasteiger partial charge in [0.05, 0.1) is 9.82 Å². The summed E-state index contributed by atoms with van der Waals surface area (Å²) in [6.07, 6.45) is 1.36. The first-order valence-corrected chi connectivity index (χ1v) is 9.62. The van der Waals surface area contributed by atoms with Crippen LogP contribution in [0.25, 0.3) is 0 Å². The number of sulfonamides is 1. The SMILES string of the molecule is CN(c1ccc(S(N)(=O)=O)cc1[N+](=O)[O-])C1CCS(=O)CC1. The molecule has 1 aliphatic heterocycles. The summed E-state index contributed by atoms with van der Waals surface area (Å²) in [5.74, 6) is 1.14. The summed E-state index contributed by atoms with van der Waals surface area (Å²) in [6, 6.07) is 3.66. The van der Waals surface area contributed by atoms with E-state index >= 15 is 0 Å². The molecule has 0 aromatic heterocycles. The Hall–Kier alpha value is -1.52. The number of nitrogens with zero attached hydrogens (tertiary/aromatic N) is 2. The third-order valence-electron chi connectivity index (χ3n) is 3.76. The van der Waals surface area contributed by atoms with E-state index in [2.05, 4.69) is 0 Å². The number of nitrogens with two attached hydrogens (primary N) is 1. The van der Waals surface area contributed by atoms with Gasteiger partial charge in [-0.05, 0) is 25.0 Å². The van der Waals surface area contributed by atoms with Gasteiger partial charge >= 0.3 is 0 Å². The van der Waals surface area contributed by atoms with Crippen molar-refractivity contribution in [2.75, 3.05) is 23.5 Å². The lowest BCUT2D eigenvalue weighted by Crippen LogP contribution is -2.37. The fourth-order valence-corrected chi connectivity index (χ4v) is 4.30. The second-order valence-corrected chi connectivity index (χ2v) is 8.40. The smallest absolute Gasteiger partial charge is 0.293 e. The van der Waals surface area contributed by atoms with E-state index in [1.54, 1.807) is 11.9 Å². The van der Waals surface area contributed by atoms with Gasteiger partial charge in [-0.3, -0.25) is 14.3 Å². The van der Waals surface area contributed by atoms with Crippen LogP contribution in [0.3, 0.4) is 0 Å². The Bertz CT molecular complexity index is 709. The fraction of sp³-hybridized carbons (Fsp3) is 0.500. The molecule has 2 rings (SSSR count). The summed E-state index contributed by atoms with van der Waals surface area (Å²) in [5.41, 5.74) is 0.0239. The summed E-state index contributed by atoms with van der Waals surface area (Å²) in [4.78, 5) is 12.1. The lowest BCUT2D eigenvalue weighted by Gasteiger charge is -2.32. The second-order valence-electron chi connectivity index (χ2n) is 5.14. The van der Waals surface area contributed by atoms with Gasteiger partial charge in [-0.25, -0.2) is 13.6 Å². The van der Waals surface area contributed by atoms with Gasteiger partial charge in [0, 0.05) is 41.5 Å². The summed E-state index contributed by atoms with van der Waals surface area (Å²) in [5, 5.41) is 16.2. The molecule has 0 aliphatic carbocycles. The van der Waals surface area contributed by atoms with Crippen molar-refractivity contribution >= 4 is 32.2 Å². The Kier molecular flexibility index (Phi) is 4.83. The summed E-state index contributed by atoms with van der Waals surface area (Å²) < 4.78 is 34.1. The largest absolute Gasteiger partial charge is 0.366 e. The minimum Gasteiger partial charge on any atom is -0.366 e. The summed E-state index contributed by atoms with van der Waals surface area (Å²) in [7, 11) is -3.10. The zero-order chi connectivity index (χ0) is 16.5. The van der Waals surface area contributed by atoms with Crippen LogP contribution < -0.4 is 10.0 Å². The van der Waals surface area contributed by atoms with Gasteiger partial charge in [0.2, 0.25) is 10.0 Å². The van der Waals surface area contributed by atoms with Crippen LogP contribution in [0.2, 0.25) is 0 Å². The van der Waals surface area contributed by atoms with E-state index < -0.39 is 25.7 Å². The van der Waals surface area contributed by atoms with Crippen molar-refractivity contribution in [1.29, 1.82) is 0 Å². The van der Waals surface area contributed by atoms with Crippen molar-refractivity contribution in [3.05, 3.63) is 28.3 Å². The molecular weight excluding hydrogens is 330 g/mol. The zero-order valence-corrected chi connectivity index (χ0v) is 13.6. The first-order chi connectivity index (χ1) is 10.2. The normalized spacial score (nSPS) is 22.3. The predicted molar refractivity (Wildman–Crippen MR) is 83.8 cm³/mol. The molecule has 1 fully saturated rings. The fourth-order valence-electron chi connectivity index (χ4n) is 2.49. The third-order valence-corrected chi connectivity index (χ3v) is 6.05. The van der Waals surface area contributed by atoms with Crippen molar-refractivity contribution in [3.63, 3.8) is 0 Å². The quantitative estimate of drug-likeness (QED) is 0.628. The van der Waals surface area contributed by atoms with E-state index in [1.165, 1.54) is 12.1 Å². The maximum Gasteiger partial charge on any atom is 0.293 e. The van der Waals surface area contributed by atoms with Crippen molar-refractivity contribution < 1.29 is 17.6 Å². The van der Waals surface area contributed by atoms with Crippen LogP contribution in [-0.2, 0) is 20.8 Å². The first-order valence-electron chi connectivity index (χ1n) is 6.59. The Morgan fingerprint density at radius 2 is 1.95 bits per heavy atom. The highest BCUT2D eigenvalue weighted by atomic mass is 32.2. The molecule has 0 atom stereocenters. The Morgan fingerprint density at radius 1 is 1.36 bits per heavy atom. The number of benzene rings is 1. The van der Waals surface area contributed by atoms with Crippen LogP contribution in [0.4, 0.5) is 11.4 Å². The average molecular weight is 347 g/mol. The topological polar surface area (TPSA) is 124 Å². The Labute approximate surface area is 131 Å². The van der Waals surface area contributed by atoms with Gasteiger partial charge in [0.15, 0.2) is 0 Å². The van der Waals surface area contributed by atoms with E-state index in [1.807, 2.05) is 0 Å². The maximum absolute atomic E-state index is 11.4. The van der Waals surface area contributed by atoms with E-state index in [9.17, 15) is 22.7 Å². The minimum absolute atomic E-state index is 0.0386. The molecule has 1 aliphatic rings. The number of hydrogen-bond acceptors (Lipinski definition) is 6. The molecule has 1 heterocycles. The van der Waals surface area contributed by atoms with Crippen LogP contribution in [-0.4, -0.2) is 42.1 Å². The highest BCUT2D eigenvalue weighted by Crippen LogP contribution is 2.32. The van der Waals surface area contributed by atoms with Crippen molar-refractivity contribution in [2.24, 2.45) is 5.14 Å². The van der Waals surface area contributed by atoms with Crippen molar-refractivity contribution in [1.82, 2.24) is 0 Å². The zero-order valence-electron chi connectivity index (χ0n) is 12.0. The van der Waals surface area contributed by atoms with Gasteiger partial charge < -0.3 is 4.90 Å². The Morgan fingerprint density at radius 3 is 2.45 bits per heavy atom. The molecule has 0 unspecified atom stereocenters. The third kappa shape index (κ3) is 3.62. The Balaban J connectivity index is 2.37. The molecule has 1 aromatic rings. The van der Waals surface area contributed by atoms with E-state index in [0.29, 0.717) is 30.0 Å². The molecule has 0 spiro atoms. The van der Waals surface area contributed by atoms with Gasteiger partial charge in [0.1, 0.15) is 5.69 Å². The lowest BCUT2D eigenvalue weighted by molar-refractivity contribution is -0.384. The van der Waals surface area contributed by atoms with Gasteiger partial charge in [-0.1, -0.05) is 0 Å². The van der Waals surface area contributed by atoms with Crippen LogP contribution in [0, 0.1) is 10.1 Å². The second kappa shape index (κ2) is 6.31. The van der Waals surface area contributed by atoms with E-state index in [-0.39, 0.29) is 16.6 Å². The van der Waals surface area contributed by atoms with Gasteiger partial charge in [-0.2, -0.15) is 0 Å². The molecule has 0 amide bonds. The summed E-state index contributed by atoms with van der Waals surface area (Å²) in [6.45, 7) is 0. The van der Waals surface area contributed by atoms with E-state index in [0.717, 1.165) is 6.07 Å². The van der Waals surface area contributed by atoms with Crippen molar-refractivity contribution in [3.8, 4) is 0 Å². The maximum atomic E-state index is 11.4. The highest BCUT2D eigenvalue weighted by Gasteiger charge is 2.27. The molecule has 0 bridgehead atoms. The van der Waals surface area contributed by atoms with Gasteiger partial charge in [-0.15, -0.1) is 0 Å². The molecule has 1 aromatic carbocycles. The number of nitro groups is 1. The minimum atomic E-state index is -4.00. The van der Waals surface area contributed by atoms with Crippen LogP contribution >= 0.6 is 0 Å². The molecule has 0 saturated carbocycles. The predicted octanol–water partition coefficient (Wildman–Crippen LogP) is 0.589. The monoisotopic (exact) mass is 347 g/mol. The summed E-state index contributed by atoms with van der Waals surface area (Å²) >= 11 is 0. The lowest BCUT2D eigenvalue weighted by atomic mass is 10.1. The number of nitro benzene ring substituents is 1. The number of hydrogen-bond donors (Lipinski definition) is 1. The van der Waals surface area contributed by atoms with E-state index in [4.69, 9.17) is 5.14 Å². The number of rotatable bonds is 4. The van der Waals surface area contributed by atoms with Crippen LogP contribution in [0.1, 0.15) is 12.8 Å². The number of anilines is 1. The van der Waals surface area contributed by atoms with Crippen LogP contribution in [0.15, 0.2) is 23.1 Å². The number of primary sulfonamides is 1. The molecule has 0 radical (unpaired) electrons. The standard InChI is InChI=1S/C12H17N3O5S2/c1-14(9-4-6-21(18)7-5-9)11-3-2-10(22(13,19)20)8-12(11)15(16)17/h2-3,8-9H,4-7H2,1H3,(H2,13,19,20). The van der Waals surface area contributed by atoms with Crippen molar-refractivity contribution in [2.45, 2.75) is 23.8 Å². The first kappa shape index (κ1) is 16.8. The molecule has 22 heavy (non-hydrogen) atoms. The molecule has 10 heteroatoms.